The Morgan fingerprint density at radius 3 is 2.52 bits per heavy atom. The molecular formula is C19H22BrClN2O2. The van der Waals surface area contributed by atoms with Crippen LogP contribution in [-0.4, -0.2) is 18.5 Å². The van der Waals surface area contributed by atoms with Crippen LogP contribution in [0.5, 0.6) is 5.75 Å². The Kier molecular flexibility index (Phi) is 7.29. The molecule has 0 aromatic heterocycles. The van der Waals surface area contributed by atoms with Crippen molar-refractivity contribution < 1.29 is 9.53 Å². The minimum atomic E-state index is -0.0793. The van der Waals surface area contributed by atoms with Gasteiger partial charge in [0.2, 0.25) is 0 Å². The van der Waals surface area contributed by atoms with Crippen molar-refractivity contribution in [3.8, 4) is 5.75 Å². The van der Waals surface area contributed by atoms with Crippen LogP contribution in [-0.2, 0) is 6.61 Å². The summed E-state index contributed by atoms with van der Waals surface area (Å²) in [5.41, 5.74) is 7.65. The van der Waals surface area contributed by atoms with Crippen LogP contribution in [0.1, 0.15) is 28.8 Å². The molecule has 1 fully saturated rings. The summed E-state index contributed by atoms with van der Waals surface area (Å²) in [4.78, 5) is 12.1. The highest BCUT2D eigenvalue weighted by atomic mass is 79.9. The maximum atomic E-state index is 12.1. The monoisotopic (exact) mass is 424 g/mol. The Balaban J connectivity index is 0.00000225. The van der Waals surface area contributed by atoms with E-state index >= 15 is 0 Å². The van der Waals surface area contributed by atoms with Crippen LogP contribution in [0.25, 0.3) is 0 Å². The summed E-state index contributed by atoms with van der Waals surface area (Å²) in [7, 11) is 0. The average Bonchev–Trinajstić information content (AvgIpc) is 3.44. The predicted octanol–water partition coefficient (Wildman–Crippen LogP) is 3.92. The summed E-state index contributed by atoms with van der Waals surface area (Å²) in [5.74, 6) is 1.31. The third kappa shape index (κ3) is 5.73. The zero-order chi connectivity index (χ0) is 16.9. The van der Waals surface area contributed by atoms with Crippen LogP contribution in [0.3, 0.4) is 0 Å². The SMILES string of the molecule is Cl.NC(CNC(=O)c1ccc(COc2ccccc2Br)cc1)C1CC1. The van der Waals surface area contributed by atoms with Crippen molar-refractivity contribution in [3.63, 3.8) is 0 Å². The largest absolute Gasteiger partial charge is 0.488 e. The average molecular weight is 426 g/mol. The van der Waals surface area contributed by atoms with E-state index in [1.807, 2.05) is 48.5 Å². The molecule has 0 radical (unpaired) electrons. The minimum Gasteiger partial charge on any atom is -0.488 e. The van der Waals surface area contributed by atoms with Gasteiger partial charge >= 0.3 is 0 Å². The standard InChI is InChI=1S/C19H21BrN2O2.ClH/c20-16-3-1-2-4-18(16)24-12-13-5-7-15(8-6-13)19(23)22-11-17(21)14-9-10-14;/h1-8,14,17H,9-12,21H2,(H,22,23);1H. The quantitative estimate of drug-likeness (QED) is 0.707. The molecule has 1 aliphatic rings. The zero-order valence-electron chi connectivity index (χ0n) is 13.8. The lowest BCUT2D eigenvalue weighted by molar-refractivity contribution is 0.0950. The molecule has 1 amide bonds. The molecule has 2 aromatic carbocycles. The molecule has 3 rings (SSSR count). The Labute approximate surface area is 162 Å². The van der Waals surface area contributed by atoms with Crippen LogP contribution in [0.15, 0.2) is 53.0 Å². The lowest BCUT2D eigenvalue weighted by Gasteiger charge is -2.12. The summed E-state index contributed by atoms with van der Waals surface area (Å²) in [6, 6.07) is 15.3. The van der Waals surface area contributed by atoms with Gasteiger partial charge < -0.3 is 15.8 Å². The van der Waals surface area contributed by atoms with Gasteiger partial charge in [-0.15, -0.1) is 12.4 Å². The minimum absolute atomic E-state index is 0. The fourth-order valence-corrected chi connectivity index (χ4v) is 2.88. The number of para-hydroxylation sites is 1. The maximum Gasteiger partial charge on any atom is 0.251 e. The molecule has 0 saturated heterocycles. The molecule has 2 aromatic rings. The topological polar surface area (TPSA) is 64.3 Å². The molecule has 1 saturated carbocycles. The normalized spacial score (nSPS) is 14.3. The summed E-state index contributed by atoms with van der Waals surface area (Å²) >= 11 is 3.46. The first-order valence-corrected chi connectivity index (χ1v) is 8.93. The van der Waals surface area contributed by atoms with E-state index in [0.29, 0.717) is 24.6 Å². The molecule has 4 nitrogen and oxygen atoms in total. The van der Waals surface area contributed by atoms with Gasteiger partial charge in [-0.3, -0.25) is 4.79 Å². The molecule has 25 heavy (non-hydrogen) atoms. The fraction of sp³-hybridized carbons (Fsp3) is 0.316. The van der Waals surface area contributed by atoms with Crippen molar-refractivity contribution in [2.24, 2.45) is 11.7 Å². The number of nitrogens with two attached hydrogens (primary N) is 1. The van der Waals surface area contributed by atoms with Gasteiger partial charge in [0, 0.05) is 18.2 Å². The molecule has 1 unspecified atom stereocenters. The first-order valence-electron chi connectivity index (χ1n) is 8.13. The van der Waals surface area contributed by atoms with Gasteiger partial charge in [0.25, 0.3) is 5.91 Å². The van der Waals surface area contributed by atoms with Crippen LogP contribution in [0.4, 0.5) is 0 Å². The number of rotatable bonds is 7. The van der Waals surface area contributed by atoms with Crippen LogP contribution in [0.2, 0.25) is 0 Å². The molecule has 6 heteroatoms. The number of hydrogen-bond donors (Lipinski definition) is 2. The molecule has 1 aliphatic carbocycles. The number of ether oxygens (including phenoxy) is 1. The van der Waals surface area contributed by atoms with Gasteiger partial charge in [-0.25, -0.2) is 0 Å². The van der Waals surface area contributed by atoms with Crippen molar-refractivity contribution in [3.05, 3.63) is 64.1 Å². The van der Waals surface area contributed by atoms with E-state index in [1.54, 1.807) is 0 Å². The summed E-state index contributed by atoms with van der Waals surface area (Å²) in [6.07, 6.45) is 2.37. The fourth-order valence-electron chi connectivity index (χ4n) is 2.48. The van der Waals surface area contributed by atoms with E-state index < -0.39 is 0 Å². The highest BCUT2D eigenvalue weighted by molar-refractivity contribution is 9.10. The van der Waals surface area contributed by atoms with Gasteiger partial charge in [-0.05, 0) is 64.5 Å². The first kappa shape index (κ1) is 19.8. The number of amides is 1. The third-order valence-corrected chi connectivity index (χ3v) is 4.83. The highest BCUT2D eigenvalue weighted by Gasteiger charge is 2.28. The van der Waals surface area contributed by atoms with Gasteiger partial charge in [0.15, 0.2) is 0 Å². The van der Waals surface area contributed by atoms with Crippen molar-refractivity contribution in [2.75, 3.05) is 6.54 Å². The van der Waals surface area contributed by atoms with Crippen LogP contribution >= 0.6 is 28.3 Å². The van der Waals surface area contributed by atoms with E-state index in [-0.39, 0.29) is 24.4 Å². The molecule has 0 aliphatic heterocycles. The van der Waals surface area contributed by atoms with E-state index in [9.17, 15) is 4.79 Å². The maximum absolute atomic E-state index is 12.1. The summed E-state index contributed by atoms with van der Waals surface area (Å²) < 4.78 is 6.70. The molecule has 134 valence electrons. The second kappa shape index (κ2) is 9.22. The summed E-state index contributed by atoms with van der Waals surface area (Å²) in [5, 5.41) is 2.90. The van der Waals surface area contributed by atoms with Crippen molar-refractivity contribution >= 4 is 34.2 Å². The van der Waals surface area contributed by atoms with E-state index in [2.05, 4.69) is 21.2 Å². The molecule has 0 spiro atoms. The lowest BCUT2D eigenvalue weighted by atomic mass is 10.1. The van der Waals surface area contributed by atoms with Crippen molar-refractivity contribution in [2.45, 2.75) is 25.5 Å². The Morgan fingerprint density at radius 2 is 1.88 bits per heavy atom. The number of halogens is 2. The molecule has 0 heterocycles. The Morgan fingerprint density at radius 1 is 1.20 bits per heavy atom. The predicted molar refractivity (Wildman–Crippen MR) is 105 cm³/mol. The third-order valence-electron chi connectivity index (χ3n) is 4.17. The van der Waals surface area contributed by atoms with E-state index in [1.165, 1.54) is 12.8 Å². The number of benzene rings is 2. The second-order valence-electron chi connectivity index (χ2n) is 6.13. The van der Waals surface area contributed by atoms with Crippen molar-refractivity contribution in [1.82, 2.24) is 5.32 Å². The van der Waals surface area contributed by atoms with Gasteiger partial charge in [-0.2, -0.15) is 0 Å². The number of nitrogens with one attached hydrogen (secondary N) is 1. The number of hydrogen-bond acceptors (Lipinski definition) is 3. The van der Waals surface area contributed by atoms with E-state index in [0.717, 1.165) is 15.8 Å². The van der Waals surface area contributed by atoms with Gasteiger partial charge in [0.1, 0.15) is 12.4 Å². The van der Waals surface area contributed by atoms with E-state index in [4.69, 9.17) is 10.5 Å². The van der Waals surface area contributed by atoms with Gasteiger partial charge in [-0.1, -0.05) is 24.3 Å². The number of carbonyl (C=O) groups excluding carboxylic acids is 1. The first-order chi connectivity index (χ1) is 11.6. The molecule has 3 N–H and O–H groups in total. The summed E-state index contributed by atoms with van der Waals surface area (Å²) in [6.45, 7) is 0.994. The molecule has 0 bridgehead atoms. The molecular weight excluding hydrogens is 404 g/mol. The van der Waals surface area contributed by atoms with Gasteiger partial charge in [0.05, 0.1) is 4.47 Å². The zero-order valence-corrected chi connectivity index (χ0v) is 16.2. The molecule has 1 atom stereocenters. The Hall–Kier alpha value is -1.56. The van der Waals surface area contributed by atoms with Crippen LogP contribution in [0, 0.1) is 5.92 Å². The highest BCUT2D eigenvalue weighted by Crippen LogP contribution is 2.31. The number of carbonyl (C=O) groups is 1. The smallest absolute Gasteiger partial charge is 0.251 e. The Bertz CT molecular complexity index is 705. The second-order valence-corrected chi connectivity index (χ2v) is 6.98. The van der Waals surface area contributed by atoms with Crippen LogP contribution < -0.4 is 15.8 Å². The van der Waals surface area contributed by atoms with Crippen molar-refractivity contribution in [1.29, 1.82) is 0 Å². The lowest BCUT2D eigenvalue weighted by Crippen LogP contribution is -2.38.